The summed E-state index contributed by atoms with van der Waals surface area (Å²) in [5.74, 6) is 2.38. The Morgan fingerprint density at radius 3 is 2.68 bits per heavy atom. The highest BCUT2D eigenvalue weighted by Crippen LogP contribution is 2.34. The number of fused-ring (bicyclic) bond motifs is 1. The molecule has 3 rings (SSSR count). The molecule has 0 atom stereocenters. The zero-order valence-corrected chi connectivity index (χ0v) is 12.1. The lowest BCUT2D eigenvalue weighted by Gasteiger charge is -2.18. The van der Waals surface area contributed by atoms with E-state index in [0.717, 1.165) is 39.6 Å². The van der Waals surface area contributed by atoms with Gasteiger partial charge in [0.05, 0.1) is 5.69 Å². The Hall–Kier alpha value is -1.62. The third-order valence-electron chi connectivity index (χ3n) is 2.90. The first-order valence-corrected chi connectivity index (χ1v) is 6.99. The second-order valence-electron chi connectivity index (χ2n) is 4.20. The van der Waals surface area contributed by atoms with Gasteiger partial charge in [-0.3, -0.25) is 0 Å². The molecule has 0 radical (unpaired) electrons. The minimum absolute atomic E-state index is 0.587. The van der Waals surface area contributed by atoms with Crippen molar-refractivity contribution in [2.45, 2.75) is 13.3 Å². The molecule has 4 nitrogen and oxygen atoms in total. The first-order valence-electron chi connectivity index (χ1n) is 6.20. The van der Waals surface area contributed by atoms with Gasteiger partial charge in [0.15, 0.2) is 11.5 Å². The van der Waals surface area contributed by atoms with Gasteiger partial charge in [-0.1, -0.05) is 6.92 Å². The summed E-state index contributed by atoms with van der Waals surface area (Å²) in [6.07, 6.45) is 0.803. The predicted octanol–water partition coefficient (Wildman–Crippen LogP) is 3.24. The van der Waals surface area contributed by atoms with Gasteiger partial charge >= 0.3 is 0 Å². The largest absolute Gasteiger partial charge is 0.486 e. The van der Waals surface area contributed by atoms with Crippen molar-refractivity contribution in [2.24, 2.45) is 0 Å². The summed E-state index contributed by atoms with van der Waals surface area (Å²) in [5.41, 5.74) is 1.89. The van der Waals surface area contributed by atoms with Crippen molar-refractivity contribution in [1.29, 1.82) is 0 Å². The van der Waals surface area contributed by atoms with Crippen LogP contribution >= 0.6 is 15.9 Å². The maximum atomic E-state index is 5.59. The average Bonchev–Trinajstić information content (AvgIpc) is 2.46. The molecule has 0 spiro atoms. The fourth-order valence-corrected chi connectivity index (χ4v) is 2.39. The molecule has 5 heteroatoms. The van der Waals surface area contributed by atoms with Crippen LogP contribution in [-0.4, -0.2) is 23.2 Å². The summed E-state index contributed by atoms with van der Waals surface area (Å²) in [6.45, 7) is 3.23. The number of hydrogen-bond donors (Lipinski definition) is 0. The van der Waals surface area contributed by atoms with Crippen LogP contribution in [0.5, 0.6) is 11.5 Å². The highest BCUT2D eigenvalue weighted by atomic mass is 79.9. The molecule has 0 saturated carbocycles. The lowest BCUT2D eigenvalue weighted by atomic mass is 10.1. The van der Waals surface area contributed by atoms with Gasteiger partial charge in [-0.25, -0.2) is 9.97 Å². The van der Waals surface area contributed by atoms with Crippen molar-refractivity contribution < 1.29 is 9.47 Å². The van der Waals surface area contributed by atoms with Gasteiger partial charge in [-0.05, 0) is 40.2 Å². The van der Waals surface area contributed by atoms with Crippen LogP contribution in [-0.2, 0) is 6.42 Å². The first kappa shape index (κ1) is 12.4. The molecule has 2 aromatic rings. The molecule has 19 heavy (non-hydrogen) atoms. The van der Waals surface area contributed by atoms with E-state index in [2.05, 4.69) is 25.9 Å². The fraction of sp³-hybridized carbons (Fsp3) is 0.286. The number of rotatable bonds is 2. The zero-order chi connectivity index (χ0) is 13.2. The highest BCUT2D eigenvalue weighted by Gasteiger charge is 2.13. The SMILES string of the molecule is CCc1nc(Br)cc(-c2ccc3c(c2)OCCO3)n1. The summed E-state index contributed by atoms with van der Waals surface area (Å²) in [7, 11) is 0. The third kappa shape index (κ3) is 2.56. The minimum atomic E-state index is 0.587. The molecule has 0 saturated heterocycles. The highest BCUT2D eigenvalue weighted by molar-refractivity contribution is 9.10. The summed E-state index contributed by atoms with van der Waals surface area (Å²) in [5, 5.41) is 0. The van der Waals surface area contributed by atoms with Crippen molar-refractivity contribution in [3.63, 3.8) is 0 Å². The van der Waals surface area contributed by atoms with Crippen LogP contribution in [0.3, 0.4) is 0 Å². The molecule has 0 aliphatic carbocycles. The normalized spacial score (nSPS) is 13.4. The molecule has 0 N–H and O–H groups in total. The van der Waals surface area contributed by atoms with E-state index < -0.39 is 0 Å². The van der Waals surface area contributed by atoms with Gasteiger partial charge in [0.25, 0.3) is 0 Å². The zero-order valence-electron chi connectivity index (χ0n) is 10.5. The topological polar surface area (TPSA) is 44.2 Å². The van der Waals surface area contributed by atoms with Gasteiger partial charge in [-0.2, -0.15) is 0 Å². The van der Waals surface area contributed by atoms with Gasteiger partial charge in [0, 0.05) is 12.0 Å². The maximum Gasteiger partial charge on any atom is 0.162 e. The number of nitrogens with zero attached hydrogens (tertiary/aromatic N) is 2. The summed E-state index contributed by atoms with van der Waals surface area (Å²) in [4.78, 5) is 8.85. The molecule has 98 valence electrons. The Bertz CT molecular complexity index is 616. The number of benzene rings is 1. The van der Waals surface area contributed by atoms with Crippen molar-refractivity contribution in [2.75, 3.05) is 13.2 Å². The van der Waals surface area contributed by atoms with Gasteiger partial charge < -0.3 is 9.47 Å². The van der Waals surface area contributed by atoms with E-state index in [4.69, 9.17) is 9.47 Å². The summed E-state index contributed by atoms with van der Waals surface area (Å²) < 4.78 is 11.9. The fourth-order valence-electron chi connectivity index (χ4n) is 1.97. The number of ether oxygens (including phenoxy) is 2. The Morgan fingerprint density at radius 2 is 1.89 bits per heavy atom. The van der Waals surface area contributed by atoms with Crippen LogP contribution in [0.25, 0.3) is 11.3 Å². The Balaban J connectivity index is 2.04. The van der Waals surface area contributed by atoms with E-state index in [9.17, 15) is 0 Å². The van der Waals surface area contributed by atoms with Gasteiger partial charge in [0.1, 0.15) is 23.6 Å². The van der Waals surface area contributed by atoms with E-state index in [0.29, 0.717) is 13.2 Å². The first-order chi connectivity index (χ1) is 9.26. The molecule has 1 aromatic carbocycles. The molecule has 0 fully saturated rings. The van der Waals surface area contributed by atoms with E-state index in [1.165, 1.54) is 0 Å². The Kier molecular flexibility index (Phi) is 3.38. The van der Waals surface area contributed by atoms with Crippen molar-refractivity contribution >= 4 is 15.9 Å². The molecular formula is C14H13BrN2O2. The number of aryl methyl sites for hydroxylation is 1. The van der Waals surface area contributed by atoms with E-state index in [1.54, 1.807) is 0 Å². The molecular weight excluding hydrogens is 308 g/mol. The number of halogens is 1. The maximum absolute atomic E-state index is 5.59. The number of aromatic nitrogens is 2. The van der Waals surface area contributed by atoms with E-state index >= 15 is 0 Å². The number of hydrogen-bond acceptors (Lipinski definition) is 4. The molecule has 0 bridgehead atoms. The molecule has 0 unspecified atom stereocenters. The summed E-state index contributed by atoms with van der Waals surface area (Å²) >= 11 is 3.42. The monoisotopic (exact) mass is 320 g/mol. The molecule has 0 amide bonds. The lowest BCUT2D eigenvalue weighted by Crippen LogP contribution is -2.15. The van der Waals surface area contributed by atoms with Crippen LogP contribution in [0.1, 0.15) is 12.7 Å². The second kappa shape index (κ2) is 5.17. The predicted molar refractivity (Wildman–Crippen MR) is 75.5 cm³/mol. The van der Waals surface area contributed by atoms with Crippen molar-refractivity contribution in [1.82, 2.24) is 9.97 Å². The van der Waals surface area contributed by atoms with Crippen LogP contribution in [0.15, 0.2) is 28.9 Å². The second-order valence-corrected chi connectivity index (χ2v) is 5.02. The smallest absolute Gasteiger partial charge is 0.162 e. The van der Waals surface area contributed by atoms with Crippen LogP contribution in [0, 0.1) is 0 Å². The molecule has 1 aliphatic heterocycles. The van der Waals surface area contributed by atoms with E-state index in [-0.39, 0.29) is 0 Å². The Labute approximate surface area is 119 Å². The van der Waals surface area contributed by atoms with Gasteiger partial charge in [0.2, 0.25) is 0 Å². The van der Waals surface area contributed by atoms with Crippen LogP contribution in [0.4, 0.5) is 0 Å². The molecule has 1 aliphatic rings. The quantitative estimate of drug-likeness (QED) is 0.797. The van der Waals surface area contributed by atoms with Gasteiger partial charge in [-0.15, -0.1) is 0 Å². The lowest BCUT2D eigenvalue weighted by molar-refractivity contribution is 0.171. The Morgan fingerprint density at radius 1 is 1.11 bits per heavy atom. The third-order valence-corrected chi connectivity index (χ3v) is 3.30. The van der Waals surface area contributed by atoms with Crippen LogP contribution in [0.2, 0.25) is 0 Å². The minimum Gasteiger partial charge on any atom is -0.486 e. The summed E-state index contributed by atoms with van der Waals surface area (Å²) in [6, 6.07) is 7.78. The van der Waals surface area contributed by atoms with Crippen molar-refractivity contribution in [3.05, 3.63) is 34.7 Å². The standard InChI is InChI=1S/C14H13BrN2O2/c1-2-14-16-10(8-13(15)17-14)9-3-4-11-12(7-9)19-6-5-18-11/h3-4,7-8H,2,5-6H2,1H3. The van der Waals surface area contributed by atoms with Crippen molar-refractivity contribution in [3.8, 4) is 22.8 Å². The molecule has 1 aromatic heterocycles. The molecule has 2 heterocycles. The van der Waals surface area contributed by atoms with Crippen LogP contribution < -0.4 is 9.47 Å². The average molecular weight is 321 g/mol. The van der Waals surface area contributed by atoms with E-state index in [1.807, 2.05) is 31.2 Å².